The van der Waals surface area contributed by atoms with E-state index in [9.17, 15) is 4.79 Å². The van der Waals surface area contributed by atoms with Crippen LogP contribution in [0.25, 0.3) is 0 Å². The van der Waals surface area contributed by atoms with Gasteiger partial charge in [0, 0.05) is 12.1 Å². The van der Waals surface area contributed by atoms with Gasteiger partial charge in [0.25, 0.3) is 5.91 Å². The highest BCUT2D eigenvalue weighted by Crippen LogP contribution is 2.39. The van der Waals surface area contributed by atoms with E-state index in [-0.39, 0.29) is 30.2 Å². The van der Waals surface area contributed by atoms with Gasteiger partial charge in [-0.05, 0) is 46.5 Å². The predicted molar refractivity (Wildman–Crippen MR) is 72.4 cm³/mol. The fourth-order valence-corrected chi connectivity index (χ4v) is 3.40. The van der Waals surface area contributed by atoms with Crippen LogP contribution in [0.4, 0.5) is 0 Å². The minimum absolute atomic E-state index is 0.141. The minimum Gasteiger partial charge on any atom is -0.359 e. The summed E-state index contributed by atoms with van der Waals surface area (Å²) in [5.41, 5.74) is 0. The normalized spacial score (nSPS) is 28.8. The molecule has 0 aromatic rings. The average Bonchev–Trinajstić information content (AvgIpc) is 3.09. The van der Waals surface area contributed by atoms with E-state index in [1.807, 2.05) is 4.90 Å². The van der Waals surface area contributed by atoms with Gasteiger partial charge in [-0.1, -0.05) is 19.3 Å². The number of ether oxygens (including phenoxy) is 1. The zero-order valence-corrected chi connectivity index (χ0v) is 12.2. The van der Waals surface area contributed by atoms with Crippen molar-refractivity contribution in [3.05, 3.63) is 0 Å². The van der Waals surface area contributed by atoms with Crippen molar-refractivity contribution in [2.24, 2.45) is 5.92 Å². The van der Waals surface area contributed by atoms with Crippen LogP contribution in [0.3, 0.4) is 0 Å². The minimum atomic E-state index is -0.141. The van der Waals surface area contributed by atoms with Crippen LogP contribution in [0.15, 0.2) is 0 Å². The lowest BCUT2D eigenvalue weighted by molar-refractivity contribution is -0.136. The van der Waals surface area contributed by atoms with Crippen molar-refractivity contribution in [3.63, 3.8) is 0 Å². The van der Waals surface area contributed by atoms with Crippen molar-refractivity contribution in [2.75, 3.05) is 0 Å². The Hall–Kier alpha value is -0.570. The molecule has 1 saturated carbocycles. The molecule has 18 heavy (non-hydrogen) atoms. The SMILES string of the molecule is CC(C)N(C(=O)[C@@H]1O[C@H]1C1CCCCC1)C(C)C. The summed E-state index contributed by atoms with van der Waals surface area (Å²) in [7, 11) is 0. The molecule has 0 radical (unpaired) electrons. The molecule has 1 amide bonds. The van der Waals surface area contributed by atoms with Crippen molar-refractivity contribution in [2.45, 2.75) is 84.1 Å². The van der Waals surface area contributed by atoms with Crippen LogP contribution in [0.2, 0.25) is 0 Å². The zero-order chi connectivity index (χ0) is 13.3. The third-order valence-electron chi connectivity index (χ3n) is 4.25. The molecule has 2 rings (SSSR count). The number of carbonyl (C=O) groups excluding carboxylic acids is 1. The lowest BCUT2D eigenvalue weighted by Gasteiger charge is -2.30. The summed E-state index contributed by atoms with van der Waals surface area (Å²) in [5.74, 6) is 0.837. The smallest absolute Gasteiger partial charge is 0.254 e. The molecule has 0 bridgehead atoms. The highest BCUT2D eigenvalue weighted by Gasteiger charge is 2.51. The van der Waals surface area contributed by atoms with Crippen LogP contribution >= 0.6 is 0 Å². The van der Waals surface area contributed by atoms with Crippen LogP contribution in [-0.2, 0) is 9.53 Å². The van der Waals surface area contributed by atoms with Crippen molar-refractivity contribution in [3.8, 4) is 0 Å². The lowest BCUT2D eigenvalue weighted by atomic mass is 9.85. The van der Waals surface area contributed by atoms with E-state index in [1.54, 1.807) is 0 Å². The van der Waals surface area contributed by atoms with Crippen molar-refractivity contribution in [1.82, 2.24) is 4.90 Å². The number of hydrogen-bond acceptors (Lipinski definition) is 2. The first-order chi connectivity index (χ1) is 8.52. The first-order valence-electron chi connectivity index (χ1n) is 7.50. The van der Waals surface area contributed by atoms with Crippen molar-refractivity contribution in [1.29, 1.82) is 0 Å². The molecule has 2 aliphatic rings. The van der Waals surface area contributed by atoms with Crippen LogP contribution in [0.1, 0.15) is 59.8 Å². The highest BCUT2D eigenvalue weighted by atomic mass is 16.6. The molecule has 3 nitrogen and oxygen atoms in total. The van der Waals surface area contributed by atoms with E-state index in [4.69, 9.17) is 4.74 Å². The molecular weight excluding hydrogens is 226 g/mol. The van der Waals surface area contributed by atoms with E-state index in [0.717, 1.165) is 0 Å². The quantitative estimate of drug-likeness (QED) is 0.722. The Labute approximate surface area is 111 Å². The standard InChI is InChI=1S/C15H27NO2/c1-10(2)16(11(3)4)15(17)14-13(18-14)12-8-6-5-7-9-12/h10-14H,5-9H2,1-4H3/t13-,14+/m0/s1. The lowest BCUT2D eigenvalue weighted by Crippen LogP contribution is -2.45. The first-order valence-corrected chi connectivity index (χ1v) is 7.50. The summed E-state index contributed by atoms with van der Waals surface area (Å²) in [6, 6.07) is 0.516. The predicted octanol–water partition coefficient (Wildman–Crippen LogP) is 2.98. The summed E-state index contributed by atoms with van der Waals surface area (Å²) in [5, 5.41) is 0. The van der Waals surface area contributed by atoms with Gasteiger partial charge in [-0.2, -0.15) is 0 Å². The van der Waals surface area contributed by atoms with Crippen LogP contribution in [-0.4, -0.2) is 35.1 Å². The Morgan fingerprint density at radius 3 is 2.11 bits per heavy atom. The van der Waals surface area contributed by atoms with Crippen LogP contribution in [0, 0.1) is 5.92 Å². The van der Waals surface area contributed by atoms with Crippen molar-refractivity contribution >= 4 is 5.91 Å². The molecule has 0 spiro atoms. The maximum atomic E-state index is 12.4. The Kier molecular flexibility index (Phi) is 4.31. The van der Waals surface area contributed by atoms with Gasteiger partial charge in [-0.25, -0.2) is 0 Å². The van der Waals surface area contributed by atoms with E-state index >= 15 is 0 Å². The summed E-state index contributed by atoms with van der Waals surface area (Å²) in [6.07, 6.45) is 6.55. The number of epoxide rings is 1. The maximum absolute atomic E-state index is 12.4. The second-order valence-corrected chi connectivity index (χ2v) is 6.35. The van der Waals surface area contributed by atoms with E-state index < -0.39 is 0 Å². The highest BCUT2D eigenvalue weighted by molar-refractivity contribution is 5.84. The second-order valence-electron chi connectivity index (χ2n) is 6.35. The summed E-state index contributed by atoms with van der Waals surface area (Å²) < 4.78 is 5.71. The summed E-state index contributed by atoms with van der Waals surface area (Å²) >= 11 is 0. The zero-order valence-electron chi connectivity index (χ0n) is 12.2. The molecule has 104 valence electrons. The van der Waals surface area contributed by atoms with E-state index in [0.29, 0.717) is 5.92 Å². The Morgan fingerprint density at radius 1 is 1.06 bits per heavy atom. The molecule has 0 aromatic carbocycles. The Balaban J connectivity index is 1.91. The number of amides is 1. The molecule has 0 unspecified atom stereocenters. The molecule has 0 N–H and O–H groups in total. The van der Waals surface area contributed by atoms with E-state index in [1.165, 1.54) is 32.1 Å². The molecule has 1 aliphatic heterocycles. The topological polar surface area (TPSA) is 32.8 Å². The van der Waals surface area contributed by atoms with Gasteiger partial charge in [-0.3, -0.25) is 4.79 Å². The third-order valence-corrected chi connectivity index (χ3v) is 4.25. The number of hydrogen-bond donors (Lipinski definition) is 0. The molecule has 1 heterocycles. The van der Waals surface area contributed by atoms with Gasteiger partial charge in [0.2, 0.25) is 0 Å². The Bertz CT molecular complexity index is 287. The number of carbonyl (C=O) groups is 1. The van der Waals surface area contributed by atoms with Gasteiger partial charge < -0.3 is 9.64 Å². The number of nitrogens with zero attached hydrogens (tertiary/aromatic N) is 1. The molecule has 1 saturated heterocycles. The van der Waals surface area contributed by atoms with Gasteiger partial charge in [0.15, 0.2) is 6.10 Å². The fourth-order valence-electron chi connectivity index (χ4n) is 3.40. The van der Waals surface area contributed by atoms with Gasteiger partial charge >= 0.3 is 0 Å². The number of rotatable bonds is 4. The van der Waals surface area contributed by atoms with Gasteiger partial charge in [0.05, 0.1) is 6.10 Å². The molecule has 2 atom stereocenters. The fraction of sp³-hybridized carbons (Fsp3) is 0.933. The molecule has 2 fully saturated rings. The van der Waals surface area contributed by atoms with Gasteiger partial charge in [0.1, 0.15) is 0 Å². The second kappa shape index (κ2) is 5.60. The van der Waals surface area contributed by atoms with Gasteiger partial charge in [-0.15, -0.1) is 0 Å². The average molecular weight is 253 g/mol. The summed E-state index contributed by atoms with van der Waals surface area (Å²) in [4.78, 5) is 14.4. The molecule has 0 aromatic heterocycles. The largest absolute Gasteiger partial charge is 0.359 e. The maximum Gasteiger partial charge on any atom is 0.254 e. The molecular formula is C15H27NO2. The van der Waals surface area contributed by atoms with Crippen molar-refractivity contribution < 1.29 is 9.53 Å². The first kappa shape index (κ1) is 13.9. The van der Waals surface area contributed by atoms with Crippen LogP contribution < -0.4 is 0 Å². The monoisotopic (exact) mass is 253 g/mol. The molecule has 3 heteroatoms. The Morgan fingerprint density at radius 2 is 1.61 bits per heavy atom. The van der Waals surface area contributed by atoms with E-state index in [2.05, 4.69) is 27.7 Å². The molecule has 1 aliphatic carbocycles. The summed E-state index contributed by atoms with van der Waals surface area (Å²) in [6.45, 7) is 8.32. The third kappa shape index (κ3) is 2.87. The van der Waals surface area contributed by atoms with Crippen LogP contribution in [0.5, 0.6) is 0 Å².